The Hall–Kier alpha value is -1.02. The first-order valence-electron chi connectivity index (χ1n) is 5.39. The molecule has 0 heterocycles. The molecular weight excluding hydrogens is 222 g/mol. The zero-order chi connectivity index (χ0) is 12.3. The molecule has 0 bridgehead atoms. The quantitative estimate of drug-likeness (QED) is 0.803. The van der Waals surface area contributed by atoms with Crippen molar-refractivity contribution in [3.63, 3.8) is 0 Å². The number of ketones is 1. The van der Waals surface area contributed by atoms with E-state index in [0.717, 1.165) is 21.8 Å². The summed E-state index contributed by atoms with van der Waals surface area (Å²) >= 11 is 6.22. The van der Waals surface area contributed by atoms with Crippen LogP contribution in [-0.4, -0.2) is 19.4 Å². The van der Waals surface area contributed by atoms with Crippen LogP contribution >= 0.6 is 11.6 Å². The number of rotatable bonds is 4. The van der Waals surface area contributed by atoms with Gasteiger partial charge in [-0.05, 0) is 38.0 Å². The lowest BCUT2D eigenvalue weighted by atomic mass is 10.1. The smallest absolute Gasteiger partial charge is 0.131 e. The summed E-state index contributed by atoms with van der Waals surface area (Å²) in [5.41, 5.74) is 3.33. The van der Waals surface area contributed by atoms with Gasteiger partial charge in [0.15, 0.2) is 0 Å². The largest absolute Gasteiger partial charge is 0.373 e. The summed E-state index contributed by atoms with van der Waals surface area (Å²) in [4.78, 5) is 13.0. The van der Waals surface area contributed by atoms with Crippen molar-refractivity contribution in [1.82, 2.24) is 0 Å². The first-order valence-corrected chi connectivity index (χ1v) is 5.77. The highest BCUT2D eigenvalue weighted by molar-refractivity contribution is 6.33. The number of nitrogens with zero attached hydrogens (tertiary/aromatic N) is 1. The number of aryl methyl sites for hydroxylation is 2. The Morgan fingerprint density at radius 1 is 1.38 bits per heavy atom. The minimum Gasteiger partial charge on any atom is -0.373 e. The van der Waals surface area contributed by atoms with Gasteiger partial charge < -0.3 is 4.90 Å². The first-order chi connectivity index (χ1) is 7.41. The second-order valence-electron chi connectivity index (χ2n) is 4.29. The van der Waals surface area contributed by atoms with Gasteiger partial charge in [0.1, 0.15) is 5.78 Å². The molecule has 2 nitrogen and oxygen atoms in total. The van der Waals surface area contributed by atoms with Crippen LogP contribution in [0, 0.1) is 13.8 Å². The molecule has 0 N–H and O–H groups in total. The molecule has 0 saturated carbocycles. The summed E-state index contributed by atoms with van der Waals surface area (Å²) in [6.07, 6.45) is 0.556. The average Bonchev–Trinajstić information content (AvgIpc) is 2.12. The summed E-state index contributed by atoms with van der Waals surface area (Å²) in [7, 11) is 1.96. The Kier molecular flexibility index (Phi) is 4.36. The fraction of sp³-hybridized carbons (Fsp3) is 0.462. The predicted molar refractivity (Wildman–Crippen MR) is 69.5 cm³/mol. The van der Waals surface area contributed by atoms with E-state index in [0.29, 0.717) is 13.0 Å². The molecule has 0 aliphatic heterocycles. The normalized spacial score (nSPS) is 10.3. The van der Waals surface area contributed by atoms with Crippen LogP contribution < -0.4 is 4.90 Å². The van der Waals surface area contributed by atoms with Crippen LogP contribution in [0.1, 0.15) is 24.5 Å². The maximum atomic E-state index is 10.9. The van der Waals surface area contributed by atoms with E-state index in [1.807, 2.05) is 31.9 Å². The number of halogens is 1. The Bertz CT molecular complexity index is 378. The van der Waals surface area contributed by atoms with Crippen molar-refractivity contribution in [2.75, 3.05) is 18.5 Å². The Morgan fingerprint density at radius 2 is 2.00 bits per heavy atom. The number of hydrogen-bond donors (Lipinski definition) is 0. The van der Waals surface area contributed by atoms with Crippen molar-refractivity contribution in [3.8, 4) is 0 Å². The number of Topliss-reactive ketones (excluding diaryl/α,β-unsaturated/α-hetero) is 1. The second kappa shape index (κ2) is 5.35. The van der Waals surface area contributed by atoms with E-state index >= 15 is 0 Å². The van der Waals surface area contributed by atoms with Crippen molar-refractivity contribution in [3.05, 3.63) is 28.3 Å². The standard InChI is InChI=1S/C13H18ClNO/c1-9-7-10(2)13(12(14)8-9)15(4)6-5-11(3)16/h7-8H,5-6H2,1-4H3. The molecule has 0 saturated heterocycles. The van der Waals surface area contributed by atoms with Crippen molar-refractivity contribution < 1.29 is 4.79 Å². The molecule has 88 valence electrons. The Balaban J connectivity index is 2.90. The molecule has 3 heteroatoms. The van der Waals surface area contributed by atoms with Crippen LogP contribution in [0.25, 0.3) is 0 Å². The molecule has 0 atom stereocenters. The van der Waals surface area contributed by atoms with Crippen LogP contribution in [0.2, 0.25) is 5.02 Å². The number of benzene rings is 1. The minimum absolute atomic E-state index is 0.202. The number of carbonyl (C=O) groups excluding carboxylic acids is 1. The molecule has 1 rings (SSSR count). The van der Waals surface area contributed by atoms with Gasteiger partial charge in [-0.25, -0.2) is 0 Å². The van der Waals surface area contributed by atoms with E-state index in [1.54, 1.807) is 6.92 Å². The van der Waals surface area contributed by atoms with Gasteiger partial charge in [0.05, 0.1) is 10.7 Å². The molecule has 0 aromatic heterocycles. The molecule has 0 radical (unpaired) electrons. The van der Waals surface area contributed by atoms with Gasteiger partial charge in [-0.3, -0.25) is 4.79 Å². The van der Waals surface area contributed by atoms with Crippen molar-refractivity contribution in [2.45, 2.75) is 27.2 Å². The van der Waals surface area contributed by atoms with Gasteiger partial charge in [0.25, 0.3) is 0 Å². The third kappa shape index (κ3) is 3.24. The maximum Gasteiger partial charge on any atom is 0.131 e. The monoisotopic (exact) mass is 239 g/mol. The maximum absolute atomic E-state index is 10.9. The highest BCUT2D eigenvalue weighted by Crippen LogP contribution is 2.30. The molecule has 0 aliphatic carbocycles. The third-order valence-corrected chi connectivity index (χ3v) is 2.87. The van der Waals surface area contributed by atoms with E-state index in [2.05, 4.69) is 6.07 Å². The molecule has 1 aromatic rings. The van der Waals surface area contributed by atoms with Crippen LogP contribution in [0.4, 0.5) is 5.69 Å². The molecule has 0 aliphatic rings. The second-order valence-corrected chi connectivity index (χ2v) is 4.69. The lowest BCUT2D eigenvalue weighted by molar-refractivity contribution is -0.116. The van der Waals surface area contributed by atoms with Gasteiger partial charge in [0, 0.05) is 20.0 Å². The van der Waals surface area contributed by atoms with Crippen molar-refractivity contribution >= 4 is 23.1 Å². The number of hydrogen-bond acceptors (Lipinski definition) is 2. The zero-order valence-corrected chi connectivity index (χ0v) is 11.1. The van der Waals surface area contributed by atoms with Crippen LogP contribution in [0.3, 0.4) is 0 Å². The molecule has 0 fully saturated rings. The highest BCUT2D eigenvalue weighted by Gasteiger charge is 2.10. The summed E-state index contributed by atoms with van der Waals surface area (Å²) < 4.78 is 0. The molecule has 0 amide bonds. The molecule has 16 heavy (non-hydrogen) atoms. The molecular formula is C13H18ClNO. The van der Waals surface area contributed by atoms with Gasteiger partial charge in [-0.2, -0.15) is 0 Å². The summed E-state index contributed by atoms with van der Waals surface area (Å²) in [5.74, 6) is 0.202. The summed E-state index contributed by atoms with van der Waals surface area (Å²) in [6.45, 7) is 6.38. The molecule has 1 aromatic carbocycles. The lowest BCUT2D eigenvalue weighted by Crippen LogP contribution is -2.21. The predicted octanol–water partition coefficient (Wildman–Crippen LogP) is 3.37. The van der Waals surface area contributed by atoms with E-state index in [-0.39, 0.29) is 5.78 Å². The van der Waals surface area contributed by atoms with E-state index in [9.17, 15) is 4.79 Å². The highest BCUT2D eigenvalue weighted by atomic mass is 35.5. The zero-order valence-electron chi connectivity index (χ0n) is 10.3. The summed E-state index contributed by atoms with van der Waals surface area (Å²) in [5, 5.41) is 0.753. The SMILES string of the molecule is CC(=O)CCN(C)c1c(C)cc(C)cc1Cl. The number of anilines is 1. The summed E-state index contributed by atoms with van der Waals surface area (Å²) in [6, 6.07) is 4.06. The van der Waals surface area contributed by atoms with E-state index in [1.165, 1.54) is 0 Å². The fourth-order valence-electron chi connectivity index (χ4n) is 1.83. The Morgan fingerprint density at radius 3 is 2.50 bits per heavy atom. The van der Waals surface area contributed by atoms with Crippen LogP contribution in [0.5, 0.6) is 0 Å². The van der Waals surface area contributed by atoms with Crippen LogP contribution in [-0.2, 0) is 4.79 Å². The fourth-order valence-corrected chi connectivity index (χ4v) is 2.29. The van der Waals surface area contributed by atoms with Gasteiger partial charge in [0.2, 0.25) is 0 Å². The number of carbonyl (C=O) groups is 1. The first kappa shape index (κ1) is 13.0. The van der Waals surface area contributed by atoms with Gasteiger partial charge >= 0.3 is 0 Å². The van der Waals surface area contributed by atoms with E-state index < -0.39 is 0 Å². The van der Waals surface area contributed by atoms with Crippen LogP contribution in [0.15, 0.2) is 12.1 Å². The average molecular weight is 240 g/mol. The van der Waals surface area contributed by atoms with E-state index in [4.69, 9.17) is 11.6 Å². The van der Waals surface area contributed by atoms with Gasteiger partial charge in [-0.15, -0.1) is 0 Å². The van der Waals surface area contributed by atoms with Crippen molar-refractivity contribution in [2.24, 2.45) is 0 Å². The third-order valence-electron chi connectivity index (χ3n) is 2.58. The molecule has 0 unspecified atom stereocenters. The topological polar surface area (TPSA) is 20.3 Å². The lowest BCUT2D eigenvalue weighted by Gasteiger charge is -2.22. The molecule has 0 spiro atoms. The van der Waals surface area contributed by atoms with Gasteiger partial charge in [-0.1, -0.05) is 17.7 Å². The van der Waals surface area contributed by atoms with Crippen molar-refractivity contribution in [1.29, 1.82) is 0 Å². The minimum atomic E-state index is 0.202. The Labute approximate surface area is 102 Å².